The molecule has 36 heavy (non-hydrogen) atoms. The lowest BCUT2D eigenvalue weighted by Crippen LogP contribution is -2.33. The first-order valence-electron chi connectivity index (χ1n) is 11.0. The molecule has 5 rings (SSSR count). The van der Waals surface area contributed by atoms with Crippen LogP contribution < -0.4 is 10.1 Å². The van der Waals surface area contributed by atoms with E-state index in [4.69, 9.17) is 16.3 Å². The Labute approximate surface area is 210 Å². The highest BCUT2D eigenvalue weighted by Crippen LogP contribution is 2.31. The monoisotopic (exact) mass is 503 g/mol. The largest absolute Gasteiger partial charge is 0.486 e. The molecule has 0 saturated heterocycles. The van der Waals surface area contributed by atoms with Crippen molar-refractivity contribution in [2.24, 2.45) is 0 Å². The van der Waals surface area contributed by atoms with E-state index in [0.29, 0.717) is 21.8 Å². The van der Waals surface area contributed by atoms with Gasteiger partial charge in [-0.25, -0.2) is 14.4 Å². The summed E-state index contributed by atoms with van der Waals surface area (Å²) in [5.74, 6) is -0.618. The molecule has 0 fully saturated rings. The molecule has 0 radical (unpaired) electrons. The van der Waals surface area contributed by atoms with Crippen LogP contribution in [0.15, 0.2) is 67.1 Å². The van der Waals surface area contributed by atoms with Crippen molar-refractivity contribution in [2.75, 3.05) is 18.5 Å². The van der Waals surface area contributed by atoms with Gasteiger partial charge in [-0.1, -0.05) is 23.7 Å². The first-order chi connectivity index (χ1) is 17.4. The maximum Gasteiger partial charge on any atom is 0.261 e. The first kappa shape index (κ1) is 23.4. The van der Waals surface area contributed by atoms with Crippen molar-refractivity contribution in [1.82, 2.24) is 19.9 Å². The van der Waals surface area contributed by atoms with Crippen LogP contribution in [-0.4, -0.2) is 44.8 Å². The van der Waals surface area contributed by atoms with Crippen molar-refractivity contribution in [1.29, 1.82) is 0 Å². The van der Waals surface area contributed by atoms with Gasteiger partial charge in [0.2, 0.25) is 0 Å². The van der Waals surface area contributed by atoms with E-state index in [2.05, 4.69) is 20.3 Å². The molecule has 0 saturated carbocycles. The summed E-state index contributed by atoms with van der Waals surface area (Å²) in [6.07, 6.45) is 4.71. The van der Waals surface area contributed by atoms with Gasteiger partial charge in [-0.15, -0.1) is 0 Å². The Morgan fingerprint density at radius 3 is 2.50 bits per heavy atom. The standard InChI is InChI=1S/C26H19ClFN5O3/c1-15-13-29-9-8-21(15)31-24-22(14-30-23(32-24)19-12-16(27)6-7-20(19)28)36-11-10-33-25(34)17-4-2-3-5-18(17)26(33)35/h2-9,12-14H,10-11H2,1H3,(H,29,30,31,32). The Morgan fingerprint density at radius 1 is 1.03 bits per heavy atom. The van der Waals surface area contributed by atoms with Gasteiger partial charge in [-0.2, -0.15) is 0 Å². The number of rotatable bonds is 7. The van der Waals surface area contributed by atoms with Crippen molar-refractivity contribution < 1.29 is 18.7 Å². The minimum absolute atomic E-state index is 0.00368. The van der Waals surface area contributed by atoms with Gasteiger partial charge in [-0.05, 0) is 48.9 Å². The maximum atomic E-state index is 14.5. The molecule has 2 aromatic carbocycles. The lowest BCUT2D eigenvalue weighted by Gasteiger charge is -2.17. The van der Waals surface area contributed by atoms with E-state index in [1.807, 2.05) is 6.92 Å². The van der Waals surface area contributed by atoms with Crippen LogP contribution in [0.25, 0.3) is 11.4 Å². The van der Waals surface area contributed by atoms with Crippen molar-refractivity contribution in [3.05, 3.63) is 94.7 Å². The number of benzene rings is 2. The summed E-state index contributed by atoms with van der Waals surface area (Å²) in [5.41, 5.74) is 2.44. The van der Waals surface area contributed by atoms with Gasteiger partial charge >= 0.3 is 0 Å². The molecule has 3 heterocycles. The van der Waals surface area contributed by atoms with Crippen molar-refractivity contribution in [3.8, 4) is 17.1 Å². The molecule has 1 aliphatic heterocycles. The fourth-order valence-corrected chi connectivity index (χ4v) is 3.97. The summed E-state index contributed by atoms with van der Waals surface area (Å²) in [7, 11) is 0. The number of anilines is 2. The molecule has 10 heteroatoms. The molecule has 1 aliphatic rings. The van der Waals surface area contributed by atoms with Crippen LogP contribution in [0.5, 0.6) is 5.75 Å². The lowest BCUT2D eigenvalue weighted by atomic mass is 10.1. The molecule has 4 aromatic rings. The summed E-state index contributed by atoms with van der Waals surface area (Å²) in [5, 5.41) is 3.52. The summed E-state index contributed by atoms with van der Waals surface area (Å²) in [6.45, 7) is 1.91. The van der Waals surface area contributed by atoms with Crippen LogP contribution in [0, 0.1) is 12.7 Å². The molecule has 2 amide bonds. The van der Waals surface area contributed by atoms with E-state index in [9.17, 15) is 14.0 Å². The molecule has 2 aromatic heterocycles. The predicted octanol–water partition coefficient (Wildman–Crippen LogP) is 5.06. The number of aromatic nitrogens is 3. The molecular weight excluding hydrogens is 485 g/mol. The Kier molecular flexibility index (Phi) is 6.30. The van der Waals surface area contributed by atoms with Crippen LogP contribution in [0.4, 0.5) is 15.9 Å². The van der Waals surface area contributed by atoms with Gasteiger partial charge in [0.15, 0.2) is 17.4 Å². The summed E-state index contributed by atoms with van der Waals surface area (Å²) in [6, 6.07) is 12.6. The number of nitrogens with one attached hydrogen (secondary N) is 1. The molecule has 8 nitrogen and oxygen atoms in total. The molecule has 0 bridgehead atoms. The zero-order chi connectivity index (χ0) is 25.2. The number of amides is 2. The van der Waals surface area contributed by atoms with Crippen LogP contribution >= 0.6 is 11.6 Å². The number of ether oxygens (including phenoxy) is 1. The number of aryl methyl sites for hydroxylation is 1. The van der Waals surface area contributed by atoms with E-state index >= 15 is 0 Å². The van der Waals surface area contributed by atoms with E-state index in [0.717, 1.165) is 10.5 Å². The highest BCUT2D eigenvalue weighted by molar-refractivity contribution is 6.30. The maximum absolute atomic E-state index is 14.5. The predicted molar refractivity (Wildman–Crippen MR) is 132 cm³/mol. The molecule has 0 unspecified atom stereocenters. The number of hydrogen-bond acceptors (Lipinski definition) is 7. The SMILES string of the molecule is Cc1cnccc1Nc1nc(-c2cc(Cl)ccc2F)ncc1OCCN1C(=O)c2ccccc2C1=O. The second-order valence-corrected chi connectivity index (χ2v) is 8.44. The van der Waals surface area contributed by atoms with Crippen LogP contribution in [-0.2, 0) is 0 Å². The second-order valence-electron chi connectivity index (χ2n) is 8.00. The lowest BCUT2D eigenvalue weighted by molar-refractivity contribution is 0.0631. The van der Waals surface area contributed by atoms with E-state index < -0.39 is 5.82 Å². The van der Waals surface area contributed by atoms with Gasteiger partial charge in [0, 0.05) is 23.1 Å². The second kappa shape index (κ2) is 9.71. The zero-order valence-electron chi connectivity index (χ0n) is 19.0. The molecule has 1 N–H and O–H groups in total. The van der Waals surface area contributed by atoms with E-state index in [1.165, 1.54) is 24.4 Å². The van der Waals surface area contributed by atoms with Gasteiger partial charge in [0.25, 0.3) is 11.8 Å². The third-order valence-electron chi connectivity index (χ3n) is 5.65. The average molecular weight is 504 g/mol. The van der Waals surface area contributed by atoms with Crippen molar-refractivity contribution >= 4 is 34.9 Å². The zero-order valence-corrected chi connectivity index (χ0v) is 19.8. The smallest absolute Gasteiger partial charge is 0.261 e. The summed E-state index contributed by atoms with van der Waals surface area (Å²) < 4.78 is 20.4. The fraction of sp³-hybridized carbons (Fsp3) is 0.115. The third-order valence-corrected chi connectivity index (χ3v) is 5.88. The Morgan fingerprint density at radius 2 is 1.78 bits per heavy atom. The fourth-order valence-electron chi connectivity index (χ4n) is 3.79. The van der Waals surface area contributed by atoms with Gasteiger partial charge < -0.3 is 10.1 Å². The molecule has 0 aliphatic carbocycles. The van der Waals surface area contributed by atoms with Gasteiger partial charge in [-0.3, -0.25) is 19.5 Å². The minimum atomic E-state index is -0.523. The number of halogens is 2. The quantitative estimate of drug-likeness (QED) is 0.352. The molecule has 0 spiro atoms. The Balaban J connectivity index is 1.40. The number of carbonyl (C=O) groups excluding carboxylic acids is 2. The van der Waals surface area contributed by atoms with E-state index in [1.54, 1.807) is 42.7 Å². The molecule has 0 atom stereocenters. The average Bonchev–Trinajstić information content (AvgIpc) is 3.12. The Bertz CT molecular complexity index is 1460. The van der Waals surface area contributed by atoms with Crippen LogP contribution in [0.1, 0.15) is 26.3 Å². The molecular formula is C26H19ClFN5O3. The van der Waals surface area contributed by atoms with Crippen molar-refractivity contribution in [2.45, 2.75) is 6.92 Å². The number of carbonyl (C=O) groups is 2. The Hall–Kier alpha value is -4.37. The number of nitrogens with zero attached hydrogens (tertiary/aromatic N) is 4. The van der Waals surface area contributed by atoms with Gasteiger partial charge in [0.05, 0.1) is 29.4 Å². The third kappa shape index (κ3) is 4.48. The van der Waals surface area contributed by atoms with Crippen molar-refractivity contribution in [3.63, 3.8) is 0 Å². The first-order valence-corrected chi connectivity index (χ1v) is 11.4. The molecule has 180 valence electrons. The van der Waals surface area contributed by atoms with Crippen LogP contribution in [0.2, 0.25) is 5.02 Å². The highest BCUT2D eigenvalue weighted by Gasteiger charge is 2.34. The minimum Gasteiger partial charge on any atom is -0.486 e. The van der Waals surface area contributed by atoms with E-state index in [-0.39, 0.29) is 47.9 Å². The topological polar surface area (TPSA) is 97.3 Å². The summed E-state index contributed by atoms with van der Waals surface area (Å²) in [4.78, 5) is 39.2. The van der Waals surface area contributed by atoms with Gasteiger partial charge in [0.1, 0.15) is 12.4 Å². The normalized spacial score (nSPS) is 12.6. The highest BCUT2D eigenvalue weighted by atomic mass is 35.5. The number of imide groups is 1. The number of hydrogen-bond donors (Lipinski definition) is 1. The number of fused-ring (bicyclic) bond motifs is 1. The summed E-state index contributed by atoms with van der Waals surface area (Å²) >= 11 is 6.05. The number of pyridine rings is 1. The van der Waals surface area contributed by atoms with Crippen LogP contribution in [0.3, 0.4) is 0 Å².